The molecule has 0 aliphatic carbocycles. The molecule has 2 aromatic carbocycles. The van der Waals surface area contributed by atoms with Gasteiger partial charge in [-0.15, -0.1) is 0 Å². The molecule has 0 unspecified atom stereocenters. The van der Waals surface area contributed by atoms with Crippen molar-refractivity contribution < 1.29 is 9.53 Å². The third-order valence-corrected chi connectivity index (χ3v) is 3.38. The van der Waals surface area contributed by atoms with Crippen molar-refractivity contribution in [1.82, 2.24) is 4.90 Å². The Morgan fingerprint density at radius 3 is 2.14 bits per heavy atom. The molecule has 0 heterocycles. The molecule has 0 fully saturated rings. The van der Waals surface area contributed by atoms with Crippen molar-refractivity contribution in [2.75, 3.05) is 25.0 Å². The summed E-state index contributed by atoms with van der Waals surface area (Å²) in [5.41, 5.74) is 0.776. The van der Waals surface area contributed by atoms with Crippen molar-refractivity contribution in [3.8, 4) is 11.5 Å². The number of amides is 1. The van der Waals surface area contributed by atoms with Gasteiger partial charge < -0.3 is 10.1 Å². The second-order valence-electron chi connectivity index (χ2n) is 4.95. The van der Waals surface area contributed by atoms with E-state index in [9.17, 15) is 4.79 Å². The first kappa shape index (κ1) is 16.0. The highest BCUT2D eigenvalue weighted by Crippen LogP contribution is 2.22. The number of benzene rings is 2. The van der Waals surface area contributed by atoms with E-state index in [1.54, 1.807) is 0 Å². The van der Waals surface area contributed by atoms with Gasteiger partial charge in [0.2, 0.25) is 5.91 Å². The van der Waals surface area contributed by atoms with Crippen LogP contribution in [0.15, 0.2) is 54.6 Å². The molecule has 0 aliphatic heterocycles. The fraction of sp³-hybridized carbons (Fsp3) is 0.278. The second kappa shape index (κ2) is 8.20. The molecule has 0 spiro atoms. The number of anilines is 1. The Hall–Kier alpha value is -2.33. The van der Waals surface area contributed by atoms with E-state index in [0.717, 1.165) is 30.3 Å². The Labute approximate surface area is 131 Å². The summed E-state index contributed by atoms with van der Waals surface area (Å²) in [6.07, 6.45) is 0. The van der Waals surface area contributed by atoms with E-state index < -0.39 is 0 Å². The Morgan fingerprint density at radius 2 is 1.55 bits per heavy atom. The summed E-state index contributed by atoms with van der Waals surface area (Å²) in [4.78, 5) is 14.0. The summed E-state index contributed by atoms with van der Waals surface area (Å²) in [5, 5.41) is 2.90. The van der Waals surface area contributed by atoms with Gasteiger partial charge in [0.05, 0.1) is 6.54 Å². The average Bonchev–Trinajstić information content (AvgIpc) is 2.55. The number of nitrogens with zero attached hydrogens (tertiary/aromatic N) is 1. The molecule has 2 aromatic rings. The lowest BCUT2D eigenvalue weighted by molar-refractivity contribution is -0.117. The van der Waals surface area contributed by atoms with Crippen LogP contribution in [0.5, 0.6) is 11.5 Å². The summed E-state index contributed by atoms with van der Waals surface area (Å²) in [6, 6.07) is 17.0. The topological polar surface area (TPSA) is 41.6 Å². The molecule has 0 aromatic heterocycles. The molecule has 116 valence electrons. The van der Waals surface area contributed by atoms with Crippen LogP contribution in [0, 0.1) is 0 Å². The largest absolute Gasteiger partial charge is 0.457 e. The van der Waals surface area contributed by atoms with E-state index in [-0.39, 0.29) is 5.91 Å². The molecule has 22 heavy (non-hydrogen) atoms. The zero-order valence-electron chi connectivity index (χ0n) is 13.1. The highest BCUT2D eigenvalue weighted by molar-refractivity contribution is 5.92. The maximum Gasteiger partial charge on any atom is 0.238 e. The van der Waals surface area contributed by atoms with Crippen LogP contribution in [-0.2, 0) is 4.79 Å². The molecule has 1 amide bonds. The van der Waals surface area contributed by atoms with Gasteiger partial charge in [-0.2, -0.15) is 0 Å². The Kier molecular flexibility index (Phi) is 5.98. The highest BCUT2D eigenvalue weighted by atomic mass is 16.5. The first-order valence-electron chi connectivity index (χ1n) is 7.56. The number of para-hydroxylation sites is 1. The first-order valence-corrected chi connectivity index (χ1v) is 7.56. The molecule has 1 N–H and O–H groups in total. The standard InChI is InChI=1S/C18H22N2O2/c1-3-20(4-2)14-18(21)19-15-10-12-17(13-11-15)22-16-8-6-5-7-9-16/h5-13H,3-4,14H2,1-2H3,(H,19,21). The number of carbonyl (C=O) groups is 1. The first-order chi connectivity index (χ1) is 10.7. The summed E-state index contributed by atoms with van der Waals surface area (Å²) in [6.45, 7) is 6.25. The minimum Gasteiger partial charge on any atom is -0.457 e. The van der Waals surface area contributed by atoms with E-state index in [4.69, 9.17) is 4.74 Å². The van der Waals surface area contributed by atoms with Crippen molar-refractivity contribution in [3.63, 3.8) is 0 Å². The van der Waals surface area contributed by atoms with E-state index in [0.29, 0.717) is 6.54 Å². The number of hydrogen-bond donors (Lipinski definition) is 1. The zero-order chi connectivity index (χ0) is 15.8. The third kappa shape index (κ3) is 4.90. The summed E-state index contributed by atoms with van der Waals surface area (Å²) < 4.78 is 5.72. The van der Waals surface area contributed by atoms with Crippen molar-refractivity contribution in [3.05, 3.63) is 54.6 Å². The van der Waals surface area contributed by atoms with Gasteiger partial charge in [0, 0.05) is 5.69 Å². The number of carbonyl (C=O) groups excluding carboxylic acids is 1. The smallest absolute Gasteiger partial charge is 0.238 e. The minimum atomic E-state index is 0.000396. The van der Waals surface area contributed by atoms with Crippen LogP contribution < -0.4 is 10.1 Å². The van der Waals surface area contributed by atoms with Gasteiger partial charge in [-0.25, -0.2) is 0 Å². The molecule has 0 aliphatic rings. The van der Waals surface area contributed by atoms with Gasteiger partial charge in [-0.3, -0.25) is 9.69 Å². The molecule has 0 saturated carbocycles. The molecule has 0 atom stereocenters. The molecule has 4 heteroatoms. The Balaban J connectivity index is 1.90. The molecule has 2 rings (SSSR count). The molecule has 4 nitrogen and oxygen atoms in total. The lowest BCUT2D eigenvalue weighted by Crippen LogP contribution is -2.32. The van der Waals surface area contributed by atoms with Gasteiger partial charge in [0.15, 0.2) is 0 Å². The number of ether oxygens (including phenoxy) is 1. The van der Waals surface area contributed by atoms with Gasteiger partial charge >= 0.3 is 0 Å². The molecule has 0 bridgehead atoms. The minimum absolute atomic E-state index is 0.000396. The van der Waals surface area contributed by atoms with Crippen LogP contribution in [0.1, 0.15) is 13.8 Å². The van der Waals surface area contributed by atoms with Gasteiger partial charge in [0.1, 0.15) is 11.5 Å². The summed E-state index contributed by atoms with van der Waals surface area (Å²) in [5.74, 6) is 1.54. The van der Waals surface area contributed by atoms with E-state index in [1.165, 1.54) is 0 Å². The van der Waals surface area contributed by atoms with Crippen LogP contribution >= 0.6 is 0 Å². The highest BCUT2D eigenvalue weighted by Gasteiger charge is 2.07. The summed E-state index contributed by atoms with van der Waals surface area (Å²) in [7, 11) is 0. The predicted octanol–water partition coefficient (Wildman–Crippen LogP) is 3.76. The van der Waals surface area contributed by atoms with E-state index >= 15 is 0 Å². The number of hydrogen-bond acceptors (Lipinski definition) is 3. The van der Waals surface area contributed by atoms with E-state index in [1.807, 2.05) is 68.4 Å². The van der Waals surface area contributed by atoms with Crippen LogP contribution in [0.3, 0.4) is 0 Å². The lowest BCUT2D eigenvalue weighted by Gasteiger charge is -2.17. The molecule has 0 radical (unpaired) electrons. The van der Waals surface area contributed by atoms with Crippen LogP contribution in [0.25, 0.3) is 0 Å². The quantitative estimate of drug-likeness (QED) is 0.846. The van der Waals surface area contributed by atoms with Crippen molar-refractivity contribution in [2.24, 2.45) is 0 Å². The SMILES string of the molecule is CCN(CC)CC(=O)Nc1ccc(Oc2ccccc2)cc1. The molecular formula is C18H22N2O2. The van der Waals surface area contributed by atoms with Gasteiger partial charge in [-0.1, -0.05) is 32.0 Å². The Morgan fingerprint density at radius 1 is 0.955 bits per heavy atom. The normalized spacial score (nSPS) is 10.5. The lowest BCUT2D eigenvalue weighted by atomic mass is 10.3. The van der Waals surface area contributed by atoms with Crippen molar-refractivity contribution >= 4 is 11.6 Å². The maximum atomic E-state index is 11.9. The van der Waals surface area contributed by atoms with Gasteiger partial charge in [0.25, 0.3) is 0 Å². The second-order valence-corrected chi connectivity index (χ2v) is 4.95. The zero-order valence-corrected chi connectivity index (χ0v) is 13.1. The third-order valence-electron chi connectivity index (χ3n) is 3.38. The van der Waals surface area contributed by atoms with Crippen molar-refractivity contribution in [1.29, 1.82) is 0 Å². The number of nitrogens with one attached hydrogen (secondary N) is 1. The van der Waals surface area contributed by atoms with Crippen LogP contribution in [0.2, 0.25) is 0 Å². The number of likely N-dealkylation sites (N-methyl/N-ethyl adjacent to an activating group) is 1. The fourth-order valence-corrected chi connectivity index (χ4v) is 2.08. The van der Waals surface area contributed by atoms with Crippen LogP contribution in [0.4, 0.5) is 5.69 Å². The van der Waals surface area contributed by atoms with Gasteiger partial charge in [-0.05, 0) is 49.5 Å². The molecular weight excluding hydrogens is 276 g/mol. The maximum absolute atomic E-state index is 11.9. The predicted molar refractivity (Wildman–Crippen MR) is 89.4 cm³/mol. The molecule has 0 saturated heterocycles. The average molecular weight is 298 g/mol. The van der Waals surface area contributed by atoms with Crippen LogP contribution in [-0.4, -0.2) is 30.4 Å². The van der Waals surface area contributed by atoms with Crippen molar-refractivity contribution in [2.45, 2.75) is 13.8 Å². The number of rotatable bonds is 7. The van der Waals surface area contributed by atoms with E-state index in [2.05, 4.69) is 10.2 Å². The Bertz CT molecular complexity index is 578. The monoisotopic (exact) mass is 298 g/mol. The summed E-state index contributed by atoms with van der Waals surface area (Å²) >= 11 is 0. The fourth-order valence-electron chi connectivity index (χ4n) is 2.08.